The highest BCUT2D eigenvalue weighted by Crippen LogP contribution is 1.84. The number of carbonyl (C=O) groups excluding carboxylic acids is 4. The second-order valence-electron chi connectivity index (χ2n) is 3.49. The van der Waals surface area contributed by atoms with Crippen LogP contribution in [0.15, 0.2) is 0 Å². The standard InChI is InChI=1S/C9H16N4O4/c1-6(9(17)11-3-7(10)15)12-8(16)4-13(2)5-14/h5-6H,3-4H2,1-2H3,(H2,10,15)(H,11,17)(H,12,16). The summed E-state index contributed by atoms with van der Waals surface area (Å²) < 4.78 is 0. The summed E-state index contributed by atoms with van der Waals surface area (Å²) in [5.41, 5.74) is 4.84. The van der Waals surface area contributed by atoms with Crippen molar-refractivity contribution in [2.75, 3.05) is 20.1 Å². The first-order valence-electron chi connectivity index (χ1n) is 4.87. The molecule has 0 fully saturated rings. The fraction of sp³-hybridized carbons (Fsp3) is 0.556. The van der Waals surface area contributed by atoms with E-state index >= 15 is 0 Å². The van der Waals surface area contributed by atoms with Crippen LogP contribution in [0, 0.1) is 0 Å². The van der Waals surface area contributed by atoms with Gasteiger partial charge in [-0.15, -0.1) is 0 Å². The first kappa shape index (κ1) is 14.9. The molecule has 0 radical (unpaired) electrons. The molecule has 4 amide bonds. The predicted octanol–water partition coefficient (Wildman–Crippen LogP) is -2.82. The number of rotatable bonds is 7. The Morgan fingerprint density at radius 3 is 2.47 bits per heavy atom. The minimum Gasteiger partial charge on any atom is -0.368 e. The van der Waals surface area contributed by atoms with Gasteiger partial charge >= 0.3 is 0 Å². The molecule has 0 rings (SSSR count). The van der Waals surface area contributed by atoms with Crippen molar-refractivity contribution in [3.05, 3.63) is 0 Å². The fourth-order valence-electron chi connectivity index (χ4n) is 0.944. The summed E-state index contributed by atoms with van der Waals surface area (Å²) in [4.78, 5) is 44.4. The lowest BCUT2D eigenvalue weighted by Crippen LogP contribution is -2.48. The van der Waals surface area contributed by atoms with Crippen LogP contribution in [0.2, 0.25) is 0 Å². The van der Waals surface area contributed by atoms with Crippen LogP contribution in [0.25, 0.3) is 0 Å². The molecule has 0 saturated carbocycles. The van der Waals surface area contributed by atoms with E-state index in [1.54, 1.807) is 0 Å². The highest BCUT2D eigenvalue weighted by molar-refractivity contribution is 5.90. The van der Waals surface area contributed by atoms with Crippen molar-refractivity contribution in [1.29, 1.82) is 0 Å². The fourth-order valence-corrected chi connectivity index (χ4v) is 0.944. The molecular weight excluding hydrogens is 228 g/mol. The molecule has 0 aliphatic heterocycles. The van der Waals surface area contributed by atoms with Gasteiger partial charge in [-0.05, 0) is 6.92 Å². The van der Waals surface area contributed by atoms with E-state index in [9.17, 15) is 19.2 Å². The summed E-state index contributed by atoms with van der Waals surface area (Å²) in [5, 5.41) is 4.61. The van der Waals surface area contributed by atoms with Gasteiger partial charge in [-0.2, -0.15) is 0 Å². The molecule has 96 valence electrons. The van der Waals surface area contributed by atoms with E-state index in [1.165, 1.54) is 14.0 Å². The molecule has 1 atom stereocenters. The third kappa shape index (κ3) is 6.88. The van der Waals surface area contributed by atoms with Crippen LogP contribution >= 0.6 is 0 Å². The van der Waals surface area contributed by atoms with E-state index in [4.69, 9.17) is 5.73 Å². The summed E-state index contributed by atoms with van der Waals surface area (Å²) in [6.07, 6.45) is 0.497. The molecule has 4 N–H and O–H groups in total. The number of likely N-dealkylation sites (N-methyl/N-ethyl adjacent to an activating group) is 1. The average Bonchev–Trinajstić information content (AvgIpc) is 2.25. The SMILES string of the molecule is CC(NC(=O)CN(C)C=O)C(=O)NCC(N)=O. The van der Waals surface area contributed by atoms with Gasteiger partial charge in [0.25, 0.3) is 0 Å². The zero-order valence-corrected chi connectivity index (χ0v) is 9.73. The van der Waals surface area contributed by atoms with Gasteiger partial charge in [-0.25, -0.2) is 0 Å². The second kappa shape index (κ2) is 7.20. The Hall–Kier alpha value is -2.12. The van der Waals surface area contributed by atoms with Gasteiger partial charge in [0.1, 0.15) is 6.04 Å². The lowest BCUT2D eigenvalue weighted by Gasteiger charge is -2.15. The number of amides is 4. The van der Waals surface area contributed by atoms with Crippen LogP contribution in [0.1, 0.15) is 6.92 Å². The van der Waals surface area contributed by atoms with Crippen molar-refractivity contribution in [3.8, 4) is 0 Å². The second-order valence-corrected chi connectivity index (χ2v) is 3.49. The summed E-state index contributed by atoms with van der Waals surface area (Å²) in [7, 11) is 1.43. The quantitative estimate of drug-likeness (QED) is 0.418. The number of nitrogens with two attached hydrogens (primary N) is 1. The first-order chi connectivity index (χ1) is 7.86. The van der Waals surface area contributed by atoms with Crippen LogP contribution in [0.4, 0.5) is 0 Å². The van der Waals surface area contributed by atoms with Crippen LogP contribution in [-0.4, -0.2) is 55.2 Å². The van der Waals surface area contributed by atoms with E-state index in [0.717, 1.165) is 4.90 Å². The third-order valence-electron chi connectivity index (χ3n) is 1.78. The summed E-state index contributed by atoms with van der Waals surface area (Å²) >= 11 is 0. The molecule has 0 heterocycles. The number of nitrogens with one attached hydrogen (secondary N) is 2. The van der Waals surface area contributed by atoms with Gasteiger partial charge in [0.15, 0.2) is 0 Å². The molecule has 0 spiro atoms. The first-order valence-corrected chi connectivity index (χ1v) is 4.87. The molecule has 1 unspecified atom stereocenters. The lowest BCUT2D eigenvalue weighted by molar-refractivity contribution is -0.131. The van der Waals surface area contributed by atoms with Gasteiger partial charge in [0.05, 0.1) is 13.1 Å². The maximum atomic E-state index is 11.3. The van der Waals surface area contributed by atoms with Gasteiger partial charge in [-0.1, -0.05) is 0 Å². The van der Waals surface area contributed by atoms with Crippen molar-refractivity contribution >= 4 is 24.1 Å². The average molecular weight is 244 g/mol. The number of hydrogen-bond donors (Lipinski definition) is 3. The Balaban J connectivity index is 4.02. The van der Waals surface area contributed by atoms with Crippen molar-refractivity contribution < 1.29 is 19.2 Å². The highest BCUT2D eigenvalue weighted by Gasteiger charge is 2.16. The van der Waals surface area contributed by atoms with Crippen molar-refractivity contribution in [1.82, 2.24) is 15.5 Å². The van der Waals surface area contributed by atoms with Crippen molar-refractivity contribution in [3.63, 3.8) is 0 Å². The monoisotopic (exact) mass is 244 g/mol. The van der Waals surface area contributed by atoms with Gasteiger partial charge in [-0.3, -0.25) is 19.2 Å². The number of primary amides is 1. The minimum absolute atomic E-state index is 0.142. The molecule has 0 aromatic heterocycles. The molecular formula is C9H16N4O4. The lowest BCUT2D eigenvalue weighted by atomic mass is 10.3. The normalized spacial score (nSPS) is 11.2. The molecule has 0 aliphatic carbocycles. The molecule has 8 nitrogen and oxygen atoms in total. The van der Waals surface area contributed by atoms with Crippen LogP contribution in [0.3, 0.4) is 0 Å². The van der Waals surface area contributed by atoms with Crippen LogP contribution < -0.4 is 16.4 Å². The highest BCUT2D eigenvalue weighted by atomic mass is 16.2. The molecule has 0 aromatic carbocycles. The largest absolute Gasteiger partial charge is 0.368 e. The Morgan fingerprint density at radius 1 is 1.41 bits per heavy atom. The molecule has 0 aliphatic rings. The Kier molecular flexibility index (Phi) is 6.30. The van der Waals surface area contributed by atoms with E-state index < -0.39 is 23.8 Å². The minimum atomic E-state index is -0.804. The molecule has 0 saturated heterocycles. The van der Waals surface area contributed by atoms with E-state index in [-0.39, 0.29) is 13.1 Å². The van der Waals surface area contributed by atoms with Crippen LogP contribution in [0.5, 0.6) is 0 Å². The third-order valence-corrected chi connectivity index (χ3v) is 1.78. The molecule has 0 bridgehead atoms. The summed E-state index contributed by atoms with van der Waals surface area (Å²) in [6, 6.07) is -0.804. The molecule has 0 aromatic rings. The van der Waals surface area contributed by atoms with Gasteiger partial charge in [0.2, 0.25) is 24.1 Å². The van der Waals surface area contributed by atoms with E-state index in [1.807, 2.05) is 0 Å². The Labute approximate surface area is 98.5 Å². The zero-order valence-electron chi connectivity index (χ0n) is 9.73. The predicted molar refractivity (Wildman–Crippen MR) is 58.5 cm³/mol. The Bertz CT molecular complexity index is 318. The van der Waals surface area contributed by atoms with Crippen LogP contribution in [-0.2, 0) is 19.2 Å². The van der Waals surface area contributed by atoms with Crippen molar-refractivity contribution in [2.45, 2.75) is 13.0 Å². The topological polar surface area (TPSA) is 122 Å². The Morgan fingerprint density at radius 2 is 2.00 bits per heavy atom. The number of carbonyl (C=O) groups is 4. The summed E-state index contributed by atoms with van der Waals surface area (Å²) in [5.74, 6) is -1.66. The number of hydrogen-bond acceptors (Lipinski definition) is 4. The van der Waals surface area contributed by atoms with Gasteiger partial charge in [0, 0.05) is 7.05 Å². The maximum absolute atomic E-state index is 11.3. The molecule has 8 heteroatoms. The maximum Gasteiger partial charge on any atom is 0.242 e. The van der Waals surface area contributed by atoms with E-state index in [0.29, 0.717) is 6.41 Å². The van der Waals surface area contributed by atoms with Gasteiger partial charge < -0.3 is 21.3 Å². The summed E-state index contributed by atoms with van der Waals surface area (Å²) in [6.45, 7) is 1.03. The smallest absolute Gasteiger partial charge is 0.242 e. The number of nitrogens with zero attached hydrogens (tertiary/aromatic N) is 1. The van der Waals surface area contributed by atoms with E-state index in [2.05, 4.69) is 10.6 Å². The van der Waals surface area contributed by atoms with Crippen molar-refractivity contribution in [2.24, 2.45) is 5.73 Å². The zero-order chi connectivity index (χ0) is 13.4. The molecule has 17 heavy (non-hydrogen) atoms.